The highest BCUT2D eigenvalue weighted by Crippen LogP contribution is 2.43. The predicted molar refractivity (Wildman–Crippen MR) is 67.9 cm³/mol. The molecule has 0 aliphatic heterocycles. The van der Waals surface area contributed by atoms with E-state index >= 15 is 0 Å². The van der Waals surface area contributed by atoms with Crippen LogP contribution in [0.4, 0.5) is 0 Å². The molecular weight excluding hydrogens is 216 g/mol. The third-order valence-corrected chi connectivity index (χ3v) is 4.53. The molecule has 3 rings (SSSR count). The summed E-state index contributed by atoms with van der Waals surface area (Å²) in [5.74, 6) is 1.77. The first-order chi connectivity index (χ1) is 7.86. The second kappa shape index (κ2) is 4.46. The van der Waals surface area contributed by atoms with Gasteiger partial charge in [-0.3, -0.25) is 0 Å². The summed E-state index contributed by atoms with van der Waals surface area (Å²) in [7, 11) is 0. The molecule has 2 fully saturated rings. The molecule has 2 nitrogen and oxygen atoms in total. The van der Waals surface area contributed by atoms with Crippen molar-refractivity contribution in [1.29, 1.82) is 0 Å². The van der Waals surface area contributed by atoms with Gasteiger partial charge in [-0.15, -0.1) is 11.3 Å². The van der Waals surface area contributed by atoms with E-state index in [0.717, 1.165) is 24.9 Å². The molecule has 3 heteroatoms. The average molecular weight is 236 g/mol. The Morgan fingerprint density at radius 2 is 2.12 bits per heavy atom. The van der Waals surface area contributed by atoms with Gasteiger partial charge in [-0.05, 0) is 38.1 Å². The molecule has 88 valence electrons. The fourth-order valence-electron chi connectivity index (χ4n) is 2.11. The van der Waals surface area contributed by atoms with Crippen LogP contribution in [0.25, 0.3) is 0 Å². The molecule has 2 saturated carbocycles. The summed E-state index contributed by atoms with van der Waals surface area (Å²) in [6.45, 7) is 4.26. The smallest absolute Gasteiger partial charge is 0.0934 e. The van der Waals surface area contributed by atoms with E-state index < -0.39 is 0 Å². The number of rotatable bonds is 6. The molecule has 1 heterocycles. The van der Waals surface area contributed by atoms with Crippen LogP contribution in [-0.4, -0.2) is 11.5 Å². The van der Waals surface area contributed by atoms with Crippen LogP contribution in [-0.2, 0) is 13.0 Å². The lowest BCUT2D eigenvalue weighted by molar-refractivity contribution is 0.726. The van der Waals surface area contributed by atoms with Gasteiger partial charge in [-0.25, -0.2) is 4.98 Å². The normalized spacial score (nSPS) is 20.3. The summed E-state index contributed by atoms with van der Waals surface area (Å²) in [5.41, 5.74) is 1.43. The Balaban J connectivity index is 1.73. The van der Waals surface area contributed by atoms with Gasteiger partial charge >= 0.3 is 0 Å². The fourth-order valence-corrected chi connectivity index (χ4v) is 3.35. The zero-order chi connectivity index (χ0) is 11.0. The second-order valence-electron chi connectivity index (χ2n) is 5.12. The van der Waals surface area contributed by atoms with Crippen molar-refractivity contribution in [2.75, 3.05) is 6.54 Å². The molecule has 0 aromatic carbocycles. The van der Waals surface area contributed by atoms with Crippen molar-refractivity contribution in [3.63, 3.8) is 0 Å². The van der Waals surface area contributed by atoms with E-state index in [-0.39, 0.29) is 0 Å². The summed E-state index contributed by atoms with van der Waals surface area (Å²) in [6, 6.07) is 0. The highest BCUT2D eigenvalue weighted by Gasteiger charge is 2.30. The van der Waals surface area contributed by atoms with E-state index in [1.54, 1.807) is 0 Å². The maximum absolute atomic E-state index is 4.88. The summed E-state index contributed by atoms with van der Waals surface area (Å²) in [5, 5.41) is 4.84. The van der Waals surface area contributed by atoms with Crippen molar-refractivity contribution < 1.29 is 0 Å². The first-order valence-electron chi connectivity index (χ1n) is 6.56. The van der Waals surface area contributed by atoms with Crippen LogP contribution < -0.4 is 5.32 Å². The van der Waals surface area contributed by atoms with Crippen molar-refractivity contribution in [2.45, 2.75) is 51.5 Å². The Morgan fingerprint density at radius 3 is 2.75 bits per heavy atom. The van der Waals surface area contributed by atoms with E-state index in [1.807, 2.05) is 11.3 Å². The third kappa shape index (κ3) is 2.46. The number of hydrogen-bond acceptors (Lipinski definition) is 3. The van der Waals surface area contributed by atoms with Gasteiger partial charge in [0, 0.05) is 23.8 Å². The van der Waals surface area contributed by atoms with Crippen molar-refractivity contribution in [3.05, 3.63) is 15.6 Å². The highest BCUT2D eigenvalue weighted by molar-refractivity contribution is 7.11. The molecule has 0 spiro atoms. The lowest BCUT2D eigenvalue weighted by atomic mass is 10.2. The minimum Gasteiger partial charge on any atom is -0.312 e. The van der Waals surface area contributed by atoms with E-state index in [2.05, 4.69) is 12.2 Å². The Morgan fingerprint density at radius 1 is 1.31 bits per heavy atom. The van der Waals surface area contributed by atoms with Crippen LogP contribution in [0.2, 0.25) is 0 Å². The molecule has 2 aliphatic rings. The molecule has 2 aliphatic carbocycles. The fraction of sp³-hybridized carbons (Fsp3) is 0.769. The quantitative estimate of drug-likeness (QED) is 0.821. The maximum atomic E-state index is 4.88. The molecule has 0 radical (unpaired) electrons. The number of aromatic nitrogens is 1. The minimum atomic E-state index is 0.804. The molecule has 0 bridgehead atoms. The monoisotopic (exact) mass is 236 g/mol. The second-order valence-corrected chi connectivity index (χ2v) is 6.29. The van der Waals surface area contributed by atoms with Crippen molar-refractivity contribution >= 4 is 11.3 Å². The van der Waals surface area contributed by atoms with Crippen molar-refractivity contribution in [1.82, 2.24) is 10.3 Å². The van der Waals surface area contributed by atoms with Gasteiger partial charge in [0.25, 0.3) is 0 Å². The van der Waals surface area contributed by atoms with Crippen LogP contribution in [0.1, 0.15) is 54.1 Å². The highest BCUT2D eigenvalue weighted by atomic mass is 32.1. The maximum Gasteiger partial charge on any atom is 0.0934 e. The van der Waals surface area contributed by atoms with Gasteiger partial charge in [0.15, 0.2) is 0 Å². The Kier molecular flexibility index (Phi) is 2.99. The third-order valence-electron chi connectivity index (χ3n) is 3.43. The molecule has 0 amide bonds. The first kappa shape index (κ1) is 10.7. The molecular formula is C13H20N2S. The average Bonchev–Trinajstić information content (AvgIpc) is 3.16. The standard InChI is InChI=1S/C13H20N2S/c1-2-14-8-11-13(10-5-6-10)15-12(16-11)7-9-3-4-9/h9-10,14H,2-8H2,1H3. The number of hydrogen-bond donors (Lipinski definition) is 1. The van der Waals surface area contributed by atoms with Gasteiger partial charge in [0.2, 0.25) is 0 Å². The zero-order valence-corrected chi connectivity index (χ0v) is 10.8. The molecule has 1 aromatic rings. The van der Waals surface area contributed by atoms with Crippen LogP contribution in [0.5, 0.6) is 0 Å². The van der Waals surface area contributed by atoms with Crippen molar-refractivity contribution in [3.8, 4) is 0 Å². The summed E-state index contributed by atoms with van der Waals surface area (Å²) in [4.78, 5) is 6.40. The Labute approximate surface area is 101 Å². The van der Waals surface area contributed by atoms with E-state index in [9.17, 15) is 0 Å². The van der Waals surface area contributed by atoms with Crippen LogP contribution in [0.3, 0.4) is 0 Å². The van der Waals surface area contributed by atoms with Gasteiger partial charge < -0.3 is 5.32 Å². The zero-order valence-electron chi connectivity index (χ0n) is 9.96. The number of nitrogens with one attached hydrogen (secondary N) is 1. The lowest BCUT2D eigenvalue weighted by Crippen LogP contribution is -2.11. The van der Waals surface area contributed by atoms with Crippen molar-refractivity contribution in [2.24, 2.45) is 5.92 Å². The molecule has 1 N–H and O–H groups in total. The summed E-state index contributed by atoms with van der Waals surface area (Å²) >= 11 is 1.96. The Bertz CT molecular complexity index is 364. The number of nitrogens with zero attached hydrogens (tertiary/aromatic N) is 1. The van der Waals surface area contributed by atoms with Gasteiger partial charge in [-0.2, -0.15) is 0 Å². The molecule has 0 saturated heterocycles. The van der Waals surface area contributed by atoms with Gasteiger partial charge in [0.1, 0.15) is 0 Å². The van der Waals surface area contributed by atoms with E-state index in [4.69, 9.17) is 4.98 Å². The lowest BCUT2D eigenvalue weighted by Gasteiger charge is -2.00. The topological polar surface area (TPSA) is 24.9 Å². The van der Waals surface area contributed by atoms with Crippen LogP contribution in [0, 0.1) is 5.92 Å². The minimum absolute atomic E-state index is 0.804. The molecule has 1 aromatic heterocycles. The molecule has 0 unspecified atom stereocenters. The van der Waals surface area contributed by atoms with E-state index in [0.29, 0.717) is 0 Å². The Hall–Kier alpha value is -0.410. The molecule has 16 heavy (non-hydrogen) atoms. The number of thiazole rings is 1. The van der Waals surface area contributed by atoms with Crippen LogP contribution >= 0.6 is 11.3 Å². The van der Waals surface area contributed by atoms with Gasteiger partial charge in [0.05, 0.1) is 10.7 Å². The first-order valence-corrected chi connectivity index (χ1v) is 7.37. The molecule has 0 atom stereocenters. The van der Waals surface area contributed by atoms with E-state index in [1.165, 1.54) is 47.7 Å². The SMILES string of the molecule is CCNCc1sc(CC2CC2)nc1C1CC1. The van der Waals surface area contributed by atoms with Gasteiger partial charge in [-0.1, -0.05) is 6.92 Å². The largest absolute Gasteiger partial charge is 0.312 e. The summed E-state index contributed by atoms with van der Waals surface area (Å²) < 4.78 is 0. The predicted octanol–water partition coefficient (Wildman–Crippen LogP) is 3.08. The van der Waals surface area contributed by atoms with Crippen LogP contribution in [0.15, 0.2) is 0 Å². The summed E-state index contributed by atoms with van der Waals surface area (Å²) in [6.07, 6.45) is 6.84.